The molecule has 0 aliphatic carbocycles. The quantitative estimate of drug-likeness (QED) is 0.704. The zero-order chi connectivity index (χ0) is 13.4. The van der Waals surface area contributed by atoms with Gasteiger partial charge in [0, 0.05) is 12.4 Å². The van der Waals surface area contributed by atoms with Gasteiger partial charge in [-0.2, -0.15) is 10.2 Å². The number of rotatable bonds is 2. The molecular formula is C14H15N5. The second kappa shape index (κ2) is 4.35. The second-order valence-corrected chi connectivity index (χ2v) is 4.66. The summed E-state index contributed by atoms with van der Waals surface area (Å²) in [5.41, 5.74) is 3.07. The highest BCUT2D eigenvalue weighted by molar-refractivity contribution is 5.36. The highest BCUT2D eigenvalue weighted by Crippen LogP contribution is 2.13. The van der Waals surface area contributed by atoms with Crippen molar-refractivity contribution in [3.05, 3.63) is 53.6 Å². The van der Waals surface area contributed by atoms with Crippen molar-refractivity contribution in [2.24, 2.45) is 0 Å². The van der Waals surface area contributed by atoms with Crippen LogP contribution in [0.1, 0.15) is 17.0 Å². The van der Waals surface area contributed by atoms with Crippen LogP contribution in [0.25, 0.3) is 11.6 Å². The Balaban J connectivity index is 2.10. The summed E-state index contributed by atoms with van der Waals surface area (Å²) in [5.74, 6) is 1.60. The zero-order valence-corrected chi connectivity index (χ0v) is 11.2. The minimum Gasteiger partial charge on any atom is -0.222 e. The third-order valence-corrected chi connectivity index (χ3v) is 2.86. The Bertz CT molecular complexity index is 665. The molecule has 3 heterocycles. The van der Waals surface area contributed by atoms with E-state index in [0.717, 1.165) is 28.6 Å². The topological polar surface area (TPSA) is 48.5 Å². The monoisotopic (exact) mass is 253 g/mol. The molecule has 3 aromatic rings. The predicted octanol–water partition coefficient (Wildman–Crippen LogP) is 2.38. The maximum atomic E-state index is 4.60. The molecule has 0 atom stereocenters. The van der Waals surface area contributed by atoms with Crippen LogP contribution in [0, 0.1) is 20.8 Å². The van der Waals surface area contributed by atoms with Crippen LogP contribution in [0.15, 0.2) is 36.7 Å². The lowest BCUT2D eigenvalue weighted by Crippen LogP contribution is -2.05. The van der Waals surface area contributed by atoms with E-state index in [1.165, 1.54) is 0 Å². The van der Waals surface area contributed by atoms with Gasteiger partial charge in [-0.25, -0.2) is 14.3 Å². The zero-order valence-electron chi connectivity index (χ0n) is 11.2. The fourth-order valence-electron chi connectivity index (χ4n) is 1.95. The minimum absolute atomic E-state index is 0.802. The Morgan fingerprint density at radius 3 is 1.63 bits per heavy atom. The predicted molar refractivity (Wildman–Crippen MR) is 72.7 cm³/mol. The summed E-state index contributed by atoms with van der Waals surface area (Å²) in [4.78, 5) is 4.60. The van der Waals surface area contributed by atoms with Gasteiger partial charge >= 0.3 is 0 Å². The minimum atomic E-state index is 0.802. The third-order valence-electron chi connectivity index (χ3n) is 2.86. The fourth-order valence-corrected chi connectivity index (χ4v) is 1.95. The average molecular weight is 253 g/mol. The Kier molecular flexibility index (Phi) is 2.67. The van der Waals surface area contributed by atoms with E-state index in [1.807, 2.05) is 57.4 Å². The molecule has 0 unspecified atom stereocenters. The molecular weight excluding hydrogens is 238 g/mol. The van der Waals surface area contributed by atoms with E-state index in [0.29, 0.717) is 0 Å². The van der Waals surface area contributed by atoms with E-state index in [9.17, 15) is 0 Å². The highest BCUT2D eigenvalue weighted by Gasteiger charge is 2.06. The van der Waals surface area contributed by atoms with Gasteiger partial charge in [0.15, 0.2) is 11.6 Å². The summed E-state index contributed by atoms with van der Waals surface area (Å²) < 4.78 is 3.56. The van der Waals surface area contributed by atoms with E-state index in [-0.39, 0.29) is 0 Å². The van der Waals surface area contributed by atoms with Gasteiger partial charge in [-0.05, 0) is 50.6 Å². The maximum absolute atomic E-state index is 4.60. The van der Waals surface area contributed by atoms with Crippen LogP contribution in [-0.4, -0.2) is 24.5 Å². The Morgan fingerprint density at radius 2 is 1.26 bits per heavy atom. The molecule has 0 bridgehead atoms. The summed E-state index contributed by atoms with van der Waals surface area (Å²) in [5, 5.41) is 8.77. The number of aromatic nitrogens is 5. The molecule has 0 amide bonds. The van der Waals surface area contributed by atoms with Crippen LogP contribution in [0.3, 0.4) is 0 Å². The molecule has 0 saturated heterocycles. The summed E-state index contributed by atoms with van der Waals surface area (Å²) in [6, 6.07) is 7.93. The number of hydrogen-bond acceptors (Lipinski definition) is 3. The van der Waals surface area contributed by atoms with Crippen molar-refractivity contribution in [3.8, 4) is 11.6 Å². The summed E-state index contributed by atoms with van der Waals surface area (Å²) >= 11 is 0. The van der Waals surface area contributed by atoms with Gasteiger partial charge in [0.05, 0.1) is 11.4 Å². The first-order chi connectivity index (χ1) is 9.11. The summed E-state index contributed by atoms with van der Waals surface area (Å²) in [7, 11) is 0. The van der Waals surface area contributed by atoms with Crippen LogP contribution in [0.2, 0.25) is 0 Å². The lowest BCUT2D eigenvalue weighted by Gasteiger charge is -2.06. The van der Waals surface area contributed by atoms with E-state index in [1.54, 1.807) is 9.36 Å². The average Bonchev–Trinajstić information content (AvgIpc) is 2.97. The summed E-state index contributed by atoms with van der Waals surface area (Å²) in [6.45, 7) is 5.97. The molecule has 5 nitrogen and oxygen atoms in total. The second-order valence-electron chi connectivity index (χ2n) is 4.66. The molecule has 19 heavy (non-hydrogen) atoms. The first-order valence-electron chi connectivity index (χ1n) is 6.16. The smallest absolute Gasteiger partial charge is 0.156 e. The van der Waals surface area contributed by atoms with Gasteiger partial charge in [-0.15, -0.1) is 0 Å². The lowest BCUT2D eigenvalue weighted by atomic mass is 10.3. The van der Waals surface area contributed by atoms with E-state index in [4.69, 9.17) is 0 Å². The van der Waals surface area contributed by atoms with Crippen LogP contribution in [0.5, 0.6) is 0 Å². The maximum Gasteiger partial charge on any atom is 0.156 e. The van der Waals surface area contributed by atoms with Crippen molar-refractivity contribution in [2.75, 3.05) is 0 Å². The molecule has 3 aromatic heterocycles. The van der Waals surface area contributed by atoms with E-state index in [2.05, 4.69) is 15.2 Å². The van der Waals surface area contributed by atoms with E-state index < -0.39 is 0 Å². The summed E-state index contributed by atoms with van der Waals surface area (Å²) in [6.07, 6.45) is 3.82. The Hall–Kier alpha value is -2.43. The molecule has 0 fully saturated rings. The fraction of sp³-hybridized carbons (Fsp3) is 0.214. The van der Waals surface area contributed by atoms with Gasteiger partial charge in [-0.3, -0.25) is 0 Å². The molecule has 0 saturated carbocycles. The Morgan fingerprint density at radius 1 is 0.789 bits per heavy atom. The SMILES string of the molecule is Cc1cc(-n2ccc(C)n2)nc(-n2ccc(C)n2)c1. The van der Waals surface area contributed by atoms with Gasteiger partial charge in [0.1, 0.15) is 0 Å². The molecule has 0 aliphatic heterocycles. The van der Waals surface area contributed by atoms with Gasteiger partial charge < -0.3 is 0 Å². The van der Waals surface area contributed by atoms with Crippen LogP contribution < -0.4 is 0 Å². The molecule has 0 aromatic carbocycles. The molecule has 3 rings (SSSR count). The number of hydrogen-bond donors (Lipinski definition) is 0. The largest absolute Gasteiger partial charge is 0.222 e. The number of aryl methyl sites for hydroxylation is 3. The van der Waals surface area contributed by atoms with Crippen molar-refractivity contribution in [1.29, 1.82) is 0 Å². The molecule has 0 radical (unpaired) electrons. The first-order valence-corrected chi connectivity index (χ1v) is 6.16. The van der Waals surface area contributed by atoms with E-state index >= 15 is 0 Å². The van der Waals surface area contributed by atoms with Crippen molar-refractivity contribution < 1.29 is 0 Å². The Labute approximate surface area is 111 Å². The normalized spacial score (nSPS) is 10.9. The molecule has 0 spiro atoms. The van der Waals surface area contributed by atoms with Gasteiger partial charge in [0.25, 0.3) is 0 Å². The standard InChI is InChI=1S/C14H15N5/c1-10-8-13(18-6-4-11(2)16-18)15-14(9-10)19-7-5-12(3)17-19/h4-9H,1-3H3. The van der Waals surface area contributed by atoms with Crippen LogP contribution in [0.4, 0.5) is 0 Å². The van der Waals surface area contributed by atoms with Crippen LogP contribution >= 0.6 is 0 Å². The van der Waals surface area contributed by atoms with Crippen molar-refractivity contribution in [1.82, 2.24) is 24.5 Å². The third kappa shape index (κ3) is 2.27. The number of nitrogens with zero attached hydrogens (tertiary/aromatic N) is 5. The van der Waals surface area contributed by atoms with Crippen molar-refractivity contribution in [3.63, 3.8) is 0 Å². The first kappa shape index (κ1) is 11.6. The lowest BCUT2D eigenvalue weighted by molar-refractivity contribution is 0.789. The molecule has 96 valence electrons. The van der Waals surface area contributed by atoms with Gasteiger partial charge in [-0.1, -0.05) is 0 Å². The molecule has 0 aliphatic rings. The number of pyridine rings is 1. The molecule has 5 heteroatoms. The molecule has 0 N–H and O–H groups in total. The van der Waals surface area contributed by atoms with Gasteiger partial charge in [0.2, 0.25) is 0 Å². The van der Waals surface area contributed by atoms with Crippen molar-refractivity contribution in [2.45, 2.75) is 20.8 Å². The van der Waals surface area contributed by atoms with Crippen LogP contribution in [-0.2, 0) is 0 Å². The highest BCUT2D eigenvalue weighted by atomic mass is 15.3. The van der Waals surface area contributed by atoms with Crippen molar-refractivity contribution >= 4 is 0 Å².